The SMILES string of the molecule is COc1ccc(C(=O)ONC(=O)c2cn(C)nc2C(F)F)cc1. The molecule has 0 saturated carbocycles. The number of methoxy groups -OCH3 is 1. The number of nitrogens with zero attached hydrogens (tertiary/aromatic N) is 2. The molecule has 0 aliphatic carbocycles. The van der Waals surface area contributed by atoms with Crippen molar-refractivity contribution in [3.05, 3.63) is 47.3 Å². The summed E-state index contributed by atoms with van der Waals surface area (Å²) in [7, 11) is 2.87. The van der Waals surface area contributed by atoms with Gasteiger partial charge in [-0.25, -0.2) is 13.6 Å². The fourth-order valence-electron chi connectivity index (χ4n) is 1.78. The Morgan fingerprint density at radius 1 is 1.26 bits per heavy atom. The van der Waals surface area contributed by atoms with Gasteiger partial charge in [-0.2, -0.15) is 10.6 Å². The molecule has 7 nitrogen and oxygen atoms in total. The fraction of sp³-hybridized carbons (Fsp3) is 0.214. The van der Waals surface area contributed by atoms with Gasteiger partial charge in [-0.1, -0.05) is 0 Å². The van der Waals surface area contributed by atoms with Gasteiger partial charge < -0.3 is 9.57 Å². The first kappa shape index (κ1) is 16.4. The first-order valence-corrected chi connectivity index (χ1v) is 6.39. The number of hydrogen-bond donors (Lipinski definition) is 1. The van der Waals surface area contributed by atoms with Crippen LogP contribution in [-0.4, -0.2) is 28.8 Å². The Kier molecular flexibility index (Phi) is 4.89. The molecule has 1 aromatic carbocycles. The van der Waals surface area contributed by atoms with Crippen molar-refractivity contribution < 1.29 is 27.9 Å². The van der Waals surface area contributed by atoms with Crippen LogP contribution in [0.5, 0.6) is 5.75 Å². The molecule has 0 atom stereocenters. The highest BCUT2D eigenvalue weighted by Crippen LogP contribution is 2.20. The number of nitrogens with one attached hydrogen (secondary N) is 1. The van der Waals surface area contributed by atoms with Crippen molar-refractivity contribution in [3.8, 4) is 5.75 Å². The standard InChI is InChI=1S/C14H13F2N3O4/c1-19-7-10(11(17-19)12(15)16)13(20)18-23-14(21)8-3-5-9(22-2)6-4-8/h3-7,12H,1-2H3,(H,18,20). The Labute approximate surface area is 129 Å². The summed E-state index contributed by atoms with van der Waals surface area (Å²) in [4.78, 5) is 28.2. The number of alkyl halides is 2. The molecular weight excluding hydrogens is 312 g/mol. The first-order valence-electron chi connectivity index (χ1n) is 6.39. The summed E-state index contributed by atoms with van der Waals surface area (Å²) < 4.78 is 31.5. The number of hydroxylamine groups is 1. The highest BCUT2D eigenvalue weighted by Gasteiger charge is 2.23. The molecule has 0 unspecified atom stereocenters. The third-order valence-electron chi connectivity index (χ3n) is 2.87. The second-order valence-corrected chi connectivity index (χ2v) is 4.45. The second kappa shape index (κ2) is 6.86. The maximum Gasteiger partial charge on any atom is 0.362 e. The van der Waals surface area contributed by atoms with E-state index in [9.17, 15) is 18.4 Å². The monoisotopic (exact) mass is 325 g/mol. The van der Waals surface area contributed by atoms with Crippen molar-refractivity contribution in [3.63, 3.8) is 0 Å². The zero-order valence-corrected chi connectivity index (χ0v) is 12.2. The number of benzene rings is 1. The molecule has 1 N–H and O–H groups in total. The predicted octanol–water partition coefficient (Wildman–Crippen LogP) is 1.87. The Hall–Kier alpha value is -2.97. The highest BCUT2D eigenvalue weighted by molar-refractivity contribution is 5.96. The first-order chi connectivity index (χ1) is 10.9. The maximum absolute atomic E-state index is 12.8. The van der Waals surface area contributed by atoms with Gasteiger partial charge in [-0.3, -0.25) is 9.48 Å². The molecule has 0 bridgehead atoms. The summed E-state index contributed by atoms with van der Waals surface area (Å²) in [6, 6.07) is 5.94. The molecule has 0 saturated heterocycles. The lowest BCUT2D eigenvalue weighted by Gasteiger charge is -2.06. The number of halogens is 2. The van der Waals surface area contributed by atoms with Crippen LogP contribution in [0.4, 0.5) is 8.78 Å². The van der Waals surface area contributed by atoms with Crippen LogP contribution in [0.2, 0.25) is 0 Å². The van der Waals surface area contributed by atoms with Gasteiger partial charge in [-0.15, -0.1) is 0 Å². The number of carbonyl (C=O) groups is 2. The van der Waals surface area contributed by atoms with Crippen molar-refractivity contribution in [2.45, 2.75) is 6.43 Å². The number of amides is 1. The predicted molar refractivity (Wildman–Crippen MR) is 74.0 cm³/mol. The molecule has 1 aromatic heterocycles. The van der Waals surface area contributed by atoms with Gasteiger partial charge in [0.05, 0.1) is 18.2 Å². The molecule has 0 aliphatic rings. The smallest absolute Gasteiger partial charge is 0.362 e. The fourth-order valence-corrected chi connectivity index (χ4v) is 1.78. The van der Waals surface area contributed by atoms with Gasteiger partial charge in [0.15, 0.2) is 0 Å². The van der Waals surface area contributed by atoms with Crippen molar-refractivity contribution in [1.82, 2.24) is 15.3 Å². The van der Waals surface area contributed by atoms with Crippen molar-refractivity contribution in [2.24, 2.45) is 7.05 Å². The van der Waals surface area contributed by atoms with E-state index >= 15 is 0 Å². The lowest BCUT2D eigenvalue weighted by atomic mass is 10.2. The van der Waals surface area contributed by atoms with Gasteiger partial charge in [-0.05, 0) is 24.3 Å². The van der Waals surface area contributed by atoms with E-state index in [0.29, 0.717) is 5.75 Å². The summed E-state index contributed by atoms with van der Waals surface area (Å²) in [5.41, 5.74) is 0.927. The molecule has 23 heavy (non-hydrogen) atoms. The van der Waals surface area contributed by atoms with E-state index in [1.54, 1.807) is 0 Å². The Balaban J connectivity index is 2.02. The average molecular weight is 325 g/mol. The number of ether oxygens (including phenoxy) is 1. The number of aryl methyl sites for hydroxylation is 1. The van der Waals surface area contributed by atoms with Crippen molar-refractivity contribution in [1.29, 1.82) is 0 Å². The minimum Gasteiger partial charge on any atom is -0.497 e. The summed E-state index contributed by atoms with van der Waals surface area (Å²) in [6.45, 7) is 0. The van der Waals surface area contributed by atoms with E-state index < -0.39 is 24.0 Å². The Morgan fingerprint density at radius 3 is 2.48 bits per heavy atom. The maximum atomic E-state index is 12.8. The van der Waals surface area contributed by atoms with E-state index in [0.717, 1.165) is 10.9 Å². The van der Waals surface area contributed by atoms with Gasteiger partial charge in [0.25, 0.3) is 12.3 Å². The zero-order chi connectivity index (χ0) is 17.0. The lowest BCUT2D eigenvalue weighted by molar-refractivity contribution is 0.0228. The Morgan fingerprint density at radius 2 is 1.91 bits per heavy atom. The van der Waals surface area contributed by atoms with Crippen molar-refractivity contribution in [2.75, 3.05) is 7.11 Å². The molecular formula is C14H13F2N3O4. The largest absolute Gasteiger partial charge is 0.497 e. The van der Waals surface area contributed by atoms with E-state index in [1.165, 1.54) is 38.4 Å². The second-order valence-electron chi connectivity index (χ2n) is 4.45. The third kappa shape index (κ3) is 3.82. The molecule has 9 heteroatoms. The van der Waals surface area contributed by atoms with Crippen LogP contribution < -0.4 is 10.2 Å². The van der Waals surface area contributed by atoms with Gasteiger partial charge in [0.1, 0.15) is 11.4 Å². The summed E-state index contributed by atoms with van der Waals surface area (Å²) >= 11 is 0. The van der Waals surface area contributed by atoms with Crippen LogP contribution in [0.25, 0.3) is 0 Å². The summed E-state index contributed by atoms with van der Waals surface area (Å²) in [5.74, 6) is -1.29. The number of hydrogen-bond acceptors (Lipinski definition) is 5. The van der Waals surface area contributed by atoms with Gasteiger partial charge >= 0.3 is 5.97 Å². The van der Waals surface area contributed by atoms with E-state index in [-0.39, 0.29) is 11.1 Å². The van der Waals surface area contributed by atoms with E-state index in [2.05, 4.69) is 9.94 Å². The third-order valence-corrected chi connectivity index (χ3v) is 2.87. The summed E-state index contributed by atoms with van der Waals surface area (Å²) in [5, 5.41) is 3.49. The van der Waals surface area contributed by atoms with Gasteiger partial charge in [0, 0.05) is 13.2 Å². The molecule has 0 spiro atoms. The Bertz CT molecular complexity index is 713. The molecule has 0 radical (unpaired) electrons. The molecule has 2 aromatic rings. The normalized spacial score (nSPS) is 10.5. The minimum absolute atomic E-state index is 0.159. The number of aromatic nitrogens is 2. The quantitative estimate of drug-likeness (QED) is 0.868. The van der Waals surface area contributed by atoms with E-state index in [1.807, 2.05) is 5.48 Å². The lowest BCUT2D eigenvalue weighted by Crippen LogP contribution is -2.27. The van der Waals surface area contributed by atoms with Crippen LogP contribution in [0, 0.1) is 0 Å². The highest BCUT2D eigenvalue weighted by atomic mass is 19.3. The van der Waals surface area contributed by atoms with Crippen molar-refractivity contribution >= 4 is 11.9 Å². The molecule has 2 rings (SSSR count). The number of rotatable bonds is 4. The van der Waals surface area contributed by atoms with Crippen LogP contribution in [-0.2, 0) is 11.9 Å². The number of carbonyl (C=O) groups excluding carboxylic acids is 2. The molecule has 0 fully saturated rings. The summed E-state index contributed by atoms with van der Waals surface area (Å²) in [6.07, 6.45) is -1.81. The van der Waals surface area contributed by atoms with Crippen LogP contribution in [0.1, 0.15) is 32.8 Å². The van der Waals surface area contributed by atoms with Crippen LogP contribution in [0.3, 0.4) is 0 Å². The van der Waals surface area contributed by atoms with Crippen LogP contribution in [0.15, 0.2) is 30.5 Å². The zero-order valence-electron chi connectivity index (χ0n) is 12.2. The molecule has 0 aliphatic heterocycles. The minimum atomic E-state index is -2.92. The molecule has 1 amide bonds. The van der Waals surface area contributed by atoms with Gasteiger partial charge in [0.2, 0.25) is 0 Å². The van der Waals surface area contributed by atoms with E-state index in [4.69, 9.17) is 4.74 Å². The average Bonchev–Trinajstić information content (AvgIpc) is 2.94. The molecule has 1 heterocycles. The molecule has 122 valence electrons. The topological polar surface area (TPSA) is 82.5 Å². The van der Waals surface area contributed by atoms with Crippen LogP contribution >= 0.6 is 0 Å².